The van der Waals surface area contributed by atoms with Crippen molar-refractivity contribution < 1.29 is 29.0 Å². The van der Waals surface area contributed by atoms with Gasteiger partial charge < -0.3 is 14.6 Å². The number of hydrogen-bond acceptors (Lipinski definition) is 6. The van der Waals surface area contributed by atoms with Crippen LogP contribution in [0.3, 0.4) is 0 Å². The van der Waals surface area contributed by atoms with Gasteiger partial charge in [-0.1, -0.05) is 54.1 Å². The van der Waals surface area contributed by atoms with Gasteiger partial charge in [0.05, 0.1) is 40.9 Å². The topological polar surface area (TPSA) is 130 Å². The summed E-state index contributed by atoms with van der Waals surface area (Å²) in [5, 5.41) is 14.6. The molecule has 3 heterocycles. The van der Waals surface area contributed by atoms with Crippen molar-refractivity contribution in [3.8, 4) is 0 Å². The van der Waals surface area contributed by atoms with E-state index in [1.807, 2.05) is 30.3 Å². The Kier molecular flexibility index (Phi) is 6.78. The SMILES string of the molecule is C[C@@]1(c2cccc(NC(=O)OCc3ccccc3)c2Cl)CC(=O)N(C2CC3CCC2O3)C(NC(=O)O)=N1. The van der Waals surface area contributed by atoms with Crippen LogP contribution in [0.5, 0.6) is 0 Å². The summed E-state index contributed by atoms with van der Waals surface area (Å²) in [5.41, 5.74) is 0.422. The third-order valence-corrected chi connectivity index (χ3v) is 7.40. The fourth-order valence-corrected chi connectivity index (χ4v) is 5.68. The number of fused-ring (bicyclic) bond motifs is 2. The zero-order chi connectivity index (χ0) is 26.2. The smallest absolute Gasteiger partial charge is 0.412 e. The summed E-state index contributed by atoms with van der Waals surface area (Å²) in [5.74, 6) is -0.330. The van der Waals surface area contributed by atoms with Crippen LogP contribution in [-0.4, -0.2) is 52.3 Å². The number of benzene rings is 2. The van der Waals surface area contributed by atoms with E-state index >= 15 is 0 Å². The molecule has 2 saturated heterocycles. The molecule has 0 spiro atoms. The van der Waals surface area contributed by atoms with Crippen molar-refractivity contribution >= 4 is 41.3 Å². The quantitative estimate of drug-likeness (QED) is 0.526. The van der Waals surface area contributed by atoms with Gasteiger partial charge in [0, 0.05) is 5.56 Å². The van der Waals surface area contributed by atoms with Crippen LogP contribution in [0.2, 0.25) is 5.02 Å². The van der Waals surface area contributed by atoms with E-state index in [2.05, 4.69) is 15.6 Å². The average Bonchev–Trinajstić information content (AvgIpc) is 3.48. The second kappa shape index (κ2) is 10.0. The van der Waals surface area contributed by atoms with Crippen LogP contribution in [0, 0.1) is 0 Å². The first-order valence-electron chi connectivity index (χ1n) is 12.1. The molecule has 3 N–H and O–H groups in total. The summed E-state index contributed by atoms with van der Waals surface area (Å²) >= 11 is 6.69. The van der Waals surface area contributed by atoms with Crippen molar-refractivity contribution in [2.24, 2.45) is 4.99 Å². The number of carbonyl (C=O) groups excluding carboxylic acids is 2. The highest BCUT2D eigenvalue weighted by molar-refractivity contribution is 6.34. The number of nitrogens with zero attached hydrogens (tertiary/aromatic N) is 2. The van der Waals surface area contributed by atoms with E-state index in [4.69, 9.17) is 21.1 Å². The van der Waals surface area contributed by atoms with Gasteiger partial charge in [0.15, 0.2) is 0 Å². The van der Waals surface area contributed by atoms with Crippen molar-refractivity contribution in [1.82, 2.24) is 10.2 Å². The zero-order valence-electron chi connectivity index (χ0n) is 20.1. The van der Waals surface area contributed by atoms with Crippen LogP contribution < -0.4 is 10.6 Å². The Balaban J connectivity index is 1.39. The second-order valence-corrected chi connectivity index (χ2v) is 9.99. The maximum Gasteiger partial charge on any atom is 0.412 e. The molecule has 0 aromatic heterocycles. The first kappa shape index (κ1) is 25.0. The number of guanidine groups is 1. The number of nitrogens with one attached hydrogen (secondary N) is 2. The second-order valence-electron chi connectivity index (χ2n) is 9.61. The summed E-state index contributed by atoms with van der Waals surface area (Å²) in [6.45, 7) is 1.80. The lowest BCUT2D eigenvalue weighted by atomic mass is 9.85. The first-order valence-corrected chi connectivity index (χ1v) is 12.5. The van der Waals surface area contributed by atoms with Gasteiger partial charge in [-0.05, 0) is 37.8 Å². The molecule has 3 amide bonds. The summed E-state index contributed by atoms with van der Waals surface area (Å²) in [4.78, 5) is 43.6. The van der Waals surface area contributed by atoms with Crippen LogP contribution >= 0.6 is 11.6 Å². The molecule has 2 fully saturated rings. The third-order valence-electron chi connectivity index (χ3n) is 7.00. The van der Waals surface area contributed by atoms with E-state index < -0.39 is 17.7 Å². The van der Waals surface area contributed by atoms with Crippen LogP contribution in [0.4, 0.5) is 15.3 Å². The van der Waals surface area contributed by atoms with Gasteiger partial charge in [0.1, 0.15) is 6.61 Å². The molecule has 0 aliphatic carbocycles. The minimum atomic E-state index is -1.33. The molecule has 3 aliphatic heterocycles. The molecule has 0 saturated carbocycles. The van der Waals surface area contributed by atoms with Crippen molar-refractivity contribution in [1.29, 1.82) is 0 Å². The largest absolute Gasteiger partial charge is 0.465 e. The number of aliphatic imine (C=N–C) groups is 1. The molecule has 0 radical (unpaired) electrons. The van der Waals surface area contributed by atoms with Crippen LogP contribution in [0.25, 0.3) is 0 Å². The van der Waals surface area contributed by atoms with Crippen molar-refractivity contribution in [2.75, 3.05) is 5.32 Å². The lowest BCUT2D eigenvalue weighted by Gasteiger charge is -2.41. The number of carbonyl (C=O) groups is 3. The first-order chi connectivity index (χ1) is 17.7. The van der Waals surface area contributed by atoms with Gasteiger partial charge in [-0.25, -0.2) is 14.6 Å². The Morgan fingerprint density at radius 3 is 2.65 bits per heavy atom. The Labute approximate surface area is 218 Å². The number of anilines is 1. The Morgan fingerprint density at radius 1 is 1.19 bits per heavy atom. The molecule has 2 aromatic rings. The van der Waals surface area contributed by atoms with Gasteiger partial charge >= 0.3 is 12.2 Å². The lowest BCUT2D eigenvalue weighted by Crippen LogP contribution is -2.58. The van der Waals surface area contributed by atoms with Crippen molar-refractivity contribution in [3.05, 3.63) is 64.7 Å². The molecule has 3 unspecified atom stereocenters. The number of halogens is 1. The number of rotatable bonds is 5. The van der Waals surface area contributed by atoms with Crippen LogP contribution in [0.1, 0.15) is 43.7 Å². The third kappa shape index (κ3) is 5.12. The molecule has 2 aromatic carbocycles. The standard InChI is InChI=1S/C26H27ClN4O6/c1-26(13-21(32)31(23(30-26)29-24(33)34)19-12-16-10-11-20(19)37-16)17-8-5-9-18(22(17)27)28-25(35)36-14-15-6-3-2-4-7-15/h2-9,16,19-20H,10-14H2,1H3,(H,28,35)(H,29,30)(H,33,34)/t16?,19?,20?,26-/m0/s1. The fraction of sp³-hybridized carbons (Fsp3) is 0.385. The summed E-state index contributed by atoms with van der Waals surface area (Å²) < 4.78 is 11.2. The fourth-order valence-electron chi connectivity index (χ4n) is 5.30. The average molecular weight is 527 g/mol. The maximum atomic E-state index is 13.5. The number of amides is 3. The Bertz CT molecular complexity index is 1250. The molecule has 4 atom stereocenters. The normalized spacial score (nSPS) is 26.5. The summed E-state index contributed by atoms with van der Waals surface area (Å²) in [6, 6.07) is 14.0. The number of ether oxygens (including phenoxy) is 2. The van der Waals surface area contributed by atoms with Gasteiger partial charge in [0.2, 0.25) is 11.9 Å². The highest BCUT2D eigenvalue weighted by Gasteiger charge is 2.50. The lowest BCUT2D eigenvalue weighted by molar-refractivity contribution is -0.132. The van der Waals surface area contributed by atoms with E-state index in [1.165, 1.54) is 4.90 Å². The monoisotopic (exact) mass is 526 g/mol. The predicted octanol–water partition coefficient (Wildman–Crippen LogP) is 4.48. The highest BCUT2D eigenvalue weighted by Crippen LogP contribution is 2.43. The van der Waals surface area contributed by atoms with Gasteiger partial charge in [-0.3, -0.25) is 20.3 Å². The minimum Gasteiger partial charge on any atom is -0.465 e. The molecule has 11 heteroatoms. The number of carboxylic acid groups (broad SMARTS) is 1. The maximum absolute atomic E-state index is 13.5. The van der Waals surface area contributed by atoms with Crippen molar-refractivity contribution in [2.45, 2.75) is 63.0 Å². The molecule has 2 bridgehead atoms. The number of hydrogen-bond donors (Lipinski definition) is 3. The molecular formula is C26H27ClN4O6. The molecule has 194 valence electrons. The Morgan fingerprint density at radius 2 is 1.97 bits per heavy atom. The van der Waals surface area contributed by atoms with E-state index in [1.54, 1.807) is 25.1 Å². The van der Waals surface area contributed by atoms with Gasteiger partial charge in [-0.2, -0.15) is 0 Å². The molecular weight excluding hydrogens is 500 g/mol. The van der Waals surface area contributed by atoms with Crippen LogP contribution in [-0.2, 0) is 26.4 Å². The van der Waals surface area contributed by atoms with Crippen molar-refractivity contribution in [3.63, 3.8) is 0 Å². The van der Waals surface area contributed by atoms with E-state index in [-0.39, 0.29) is 53.9 Å². The van der Waals surface area contributed by atoms with Gasteiger partial charge in [-0.15, -0.1) is 0 Å². The van der Waals surface area contributed by atoms with Gasteiger partial charge in [0.25, 0.3) is 0 Å². The predicted molar refractivity (Wildman–Crippen MR) is 135 cm³/mol. The molecule has 10 nitrogen and oxygen atoms in total. The van der Waals surface area contributed by atoms with E-state index in [0.29, 0.717) is 12.0 Å². The van der Waals surface area contributed by atoms with E-state index in [0.717, 1.165) is 18.4 Å². The zero-order valence-corrected chi connectivity index (χ0v) is 20.9. The minimum absolute atomic E-state index is 0.0344. The summed E-state index contributed by atoms with van der Waals surface area (Å²) in [6.07, 6.45) is 0.267. The molecule has 5 rings (SSSR count). The van der Waals surface area contributed by atoms with Crippen LogP contribution in [0.15, 0.2) is 53.5 Å². The Hall–Kier alpha value is -3.63. The summed E-state index contributed by atoms with van der Waals surface area (Å²) in [7, 11) is 0. The molecule has 3 aliphatic rings. The molecule has 37 heavy (non-hydrogen) atoms. The van der Waals surface area contributed by atoms with E-state index in [9.17, 15) is 19.5 Å². The highest BCUT2D eigenvalue weighted by atomic mass is 35.5.